The summed E-state index contributed by atoms with van der Waals surface area (Å²) in [7, 11) is 0. The molecule has 2 aliphatic rings. The molecule has 0 amide bonds. The van der Waals surface area contributed by atoms with Gasteiger partial charge in [-0.25, -0.2) is 0 Å². The summed E-state index contributed by atoms with van der Waals surface area (Å²) in [5.74, 6) is 1.78. The Kier molecular flexibility index (Phi) is 2.29. The maximum absolute atomic E-state index is 11.7. The molecule has 0 aliphatic carbocycles. The molecule has 5 heteroatoms. The minimum Gasteiger partial charge on any atom is -0.454 e. The third-order valence-corrected chi connectivity index (χ3v) is 4.35. The van der Waals surface area contributed by atoms with Gasteiger partial charge in [0.25, 0.3) is 0 Å². The molecular weight excluding hydrogens is 264 g/mol. The highest BCUT2D eigenvalue weighted by Gasteiger charge is 2.31. The number of rotatable bonds is 1. The molecule has 19 heavy (non-hydrogen) atoms. The van der Waals surface area contributed by atoms with E-state index in [0.29, 0.717) is 17.9 Å². The fourth-order valence-corrected chi connectivity index (χ4v) is 3.33. The molecule has 1 aromatic heterocycles. The zero-order valence-electron chi connectivity index (χ0n) is 9.92. The van der Waals surface area contributed by atoms with Crippen LogP contribution in [0.4, 0.5) is 0 Å². The van der Waals surface area contributed by atoms with Gasteiger partial charge in [0, 0.05) is 22.4 Å². The molecule has 0 fully saturated rings. The van der Waals surface area contributed by atoms with E-state index in [1.165, 1.54) is 0 Å². The van der Waals surface area contributed by atoms with Crippen molar-refractivity contribution in [3.8, 4) is 17.2 Å². The Morgan fingerprint density at radius 2 is 2.00 bits per heavy atom. The Morgan fingerprint density at radius 1 is 1.16 bits per heavy atom. The van der Waals surface area contributed by atoms with E-state index in [1.54, 1.807) is 17.4 Å². The third-order valence-electron chi connectivity index (χ3n) is 3.36. The van der Waals surface area contributed by atoms with E-state index >= 15 is 0 Å². The molecule has 4 rings (SSSR count). The van der Waals surface area contributed by atoms with Crippen molar-refractivity contribution in [2.45, 2.75) is 12.3 Å². The average Bonchev–Trinajstić information content (AvgIpc) is 3.06. The topological polar surface area (TPSA) is 44.8 Å². The average molecular weight is 274 g/mol. The minimum absolute atomic E-state index is 0.0470. The number of hydrogen-bond acceptors (Lipinski definition) is 5. The first-order valence-corrected chi connectivity index (χ1v) is 6.87. The summed E-state index contributed by atoms with van der Waals surface area (Å²) in [6.45, 7) is 0.218. The molecule has 0 N–H and O–H groups in total. The maximum atomic E-state index is 11.7. The minimum atomic E-state index is -0.204. The van der Waals surface area contributed by atoms with Crippen molar-refractivity contribution in [1.29, 1.82) is 0 Å². The van der Waals surface area contributed by atoms with Gasteiger partial charge in [0.05, 0.1) is 6.42 Å². The fourth-order valence-electron chi connectivity index (χ4n) is 2.48. The largest absolute Gasteiger partial charge is 0.454 e. The second-order valence-electron chi connectivity index (χ2n) is 4.49. The van der Waals surface area contributed by atoms with Gasteiger partial charge in [0.2, 0.25) is 6.79 Å². The van der Waals surface area contributed by atoms with Crippen LogP contribution < -0.4 is 14.2 Å². The summed E-state index contributed by atoms with van der Waals surface area (Å²) < 4.78 is 16.0. The molecule has 0 radical (unpaired) electrons. The van der Waals surface area contributed by atoms with Crippen LogP contribution in [0.15, 0.2) is 29.6 Å². The number of carbonyl (C=O) groups is 1. The van der Waals surface area contributed by atoms with E-state index < -0.39 is 0 Å². The summed E-state index contributed by atoms with van der Waals surface area (Å²) in [6, 6.07) is 7.71. The molecule has 1 unspecified atom stereocenters. The molecule has 0 saturated heterocycles. The van der Waals surface area contributed by atoms with Gasteiger partial charge in [-0.15, -0.1) is 11.3 Å². The second kappa shape index (κ2) is 3.99. The van der Waals surface area contributed by atoms with Gasteiger partial charge in [-0.3, -0.25) is 4.79 Å². The Morgan fingerprint density at radius 3 is 2.79 bits per heavy atom. The first-order chi connectivity index (χ1) is 9.31. The Bertz CT molecular complexity index is 648. The van der Waals surface area contributed by atoms with Crippen molar-refractivity contribution in [3.63, 3.8) is 0 Å². The predicted molar refractivity (Wildman–Crippen MR) is 69.0 cm³/mol. The van der Waals surface area contributed by atoms with Gasteiger partial charge in [-0.2, -0.15) is 0 Å². The number of benzene rings is 1. The predicted octanol–water partition coefficient (Wildman–Crippen LogP) is 2.92. The van der Waals surface area contributed by atoms with Crippen molar-refractivity contribution < 1.29 is 19.0 Å². The van der Waals surface area contributed by atoms with Crippen LogP contribution in [-0.2, 0) is 4.79 Å². The van der Waals surface area contributed by atoms with Gasteiger partial charge < -0.3 is 14.2 Å². The molecule has 2 aromatic rings. The van der Waals surface area contributed by atoms with E-state index in [2.05, 4.69) is 0 Å². The lowest BCUT2D eigenvalue weighted by atomic mass is 9.91. The maximum Gasteiger partial charge on any atom is 0.312 e. The van der Waals surface area contributed by atoms with Crippen LogP contribution in [0.3, 0.4) is 0 Å². The number of ether oxygens (including phenoxy) is 3. The van der Waals surface area contributed by atoms with Crippen LogP contribution in [0, 0.1) is 0 Å². The lowest BCUT2D eigenvalue weighted by Crippen LogP contribution is -2.20. The summed E-state index contributed by atoms with van der Waals surface area (Å²) in [5, 5.41) is 2.02. The highest BCUT2D eigenvalue weighted by Crippen LogP contribution is 2.46. The van der Waals surface area contributed by atoms with Crippen LogP contribution in [0.25, 0.3) is 0 Å². The van der Waals surface area contributed by atoms with E-state index in [-0.39, 0.29) is 18.7 Å². The zero-order valence-corrected chi connectivity index (χ0v) is 10.7. The standard InChI is InChI=1S/C14H10O4S/c15-14-5-9(13-2-1-3-19-13)8-4-11-12(17-7-16-11)6-10(8)18-14/h1-4,6,9H,5,7H2. The summed E-state index contributed by atoms with van der Waals surface area (Å²) in [5.41, 5.74) is 0.992. The molecule has 0 saturated carbocycles. The van der Waals surface area contributed by atoms with E-state index in [4.69, 9.17) is 14.2 Å². The first kappa shape index (κ1) is 10.9. The normalized spacial score (nSPS) is 20.0. The van der Waals surface area contributed by atoms with Crippen molar-refractivity contribution in [3.05, 3.63) is 40.1 Å². The smallest absolute Gasteiger partial charge is 0.312 e. The van der Waals surface area contributed by atoms with Gasteiger partial charge in [0.15, 0.2) is 11.5 Å². The summed E-state index contributed by atoms with van der Waals surface area (Å²) in [4.78, 5) is 12.9. The van der Waals surface area contributed by atoms with Crippen LogP contribution in [-0.4, -0.2) is 12.8 Å². The monoisotopic (exact) mass is 274 g/mol. The lowest BCUT2D eigenvalue weighted by Gasteiger charge is -2.23. The summed E-state index contributed by atoms with van der Waals surface area (Å²) >= 11 is 1.65. The van der Waals surface area contributed by atoms with E-state index in [0.717, 1.165) is 16.2 Å². The molecule has 1 aromatic carbocycles. The second-order valence-corrected chi connectivity index (χ2v) is 5.47. The molecular formula is C14H10O4S. The highest BCUT2D eigenvalue weighted by atomic mass is 32.1. The van der Waals surface area contributed by atoms with Crippen LogP contribution in [0.5, 0.6) is 17.2 Å². The number of esters is 1. The number of carbonyl (C=O) groups excluding carboxylic acids is 1. The van der Waals surface area contributed by atoms with E-state index in [9.17, 15) is 4.79 Å². The lowest BCUT2D eigenvalue weighted by molar-refractivity contribution is -0.135. The SMILES string of the molecule is O=C1CC(c2cccs2)c2cc3c(cc2O1)OCO3. The highest BCUT2D eigenvalue weighted by molar-refractivity contribution is 7.10. The molecule has 0 bridgehead atoms. The zero-order chi connectivity index (χ0) is 12.8. The summed E-state index contributed by atoms with van der Waals surface area (Å²) in [6.07, 6.45) is 0.368. The van der Waals surface area contributed by atoms with Crippen LogP contribution in [0.2, 0.25) is 0 Å². The Balaban J connectivity index is 1.87. The van der Waals surface area contributed by atoms with Crippen LogP contribution in [0.1, 0.15) is 22.8 Å². The van der Waals surface area contributed by atoms with Gasteiger partial charge >= 0.3 is 5.97 Å². The molecule has 4 nitrogen and oxygen atoms in total. The van der Waals surface area contributed by atoms with E-state index in [1.807, 2.05) is 23.6 Å². The first-order valence-electron chi connectivity index (χ1n) is 5.99. The van der Waals surface area contributed by atoms with Crippen molar-refractivity contribution >= 4 is 17.3 Å². The van der Waals surface area contributed by atoms with Gasteiger partial charge in [-0.1, -0.05) is 6.07 Å². The van der Waals surface area contributed by atoms with Crippen LogP contribution >= 0.6 is 11.3 Å². The molecule has 96 valence electrons. The number of thiophene rings is 1. The van der Waals surface area contributed by atoms with Crippen molar-refractivity contribution in [1.82, 2.24) is 0 Å². The fraction of sp³-hybridized carbons (Fsp3) is 0.214. The third kappa shape index (κ3) is 1.69. The molecule has 3 heterocycles. The van der Waals surface area contributed by atoms with Crippen molar-refractivity contribution in [2.75, 3.05) is 6.79 Å². The van der Waals surface area contributed by atoms with Gasteiger partial charge in [-0.05, 0) is 17.5 Å². The Hall–Kier alpha value is -2.01. The quantitative estimate of drug-likeness (QED) is 0.592. The number of fused-ring (bicyclic) bond motifs is 2. The van der Waals surface area contributed by atoms with Crippen molar-refractivity contribution in [2.24, 2.45) is 0 Å². The van der Waals surface area contributed by atoms with Gasteiger partial charge in [0.1, 0.15) is 5.75 Å². The Labute approximate surface area is 113 Å². The molecule has 0 spiro atoms. The number of hydrogen-bond donors (Lipinski definition) is 0. The molecule has 2 aliphatic heterocycles. The molecule has 1 atom stereocenters.